The molecule has 6 aliphatic heterocycles. The third-order valence-electron chi connectivity index (χ3n) is 15.6. The lowest BCUT2D eigenvalue weighted by molar-refractivity contribution is 0.233. The summed E-state index contributed by atoms with van der Waals surface area (Å²) in [5.74, 6) is 5.33. The molecule has 6 unspecified atom stereocenters. The second-order valence-corrected chi connectivity index (χ2v) is 19.4. The zero-order chi connectivity index (χ0) is 48.3. The predicted molar refractivity (Wildman–Crippen MR) is 289 cm³/mol. The highest BCUT2D eigenvalue weighted by molar-refractivity contribution is 6.08. The van der Waals surface area contributed by atoms with Gasteiger partial charge >= 0.3 is 0 Å². The number of ether oxygens (including phenoxy) is 3. The molecule has 15 rings (SSSR count). The molecule has 0 amide bonds. The number of aliphatic imine (C=N–C) groups is 1. The molecule has 0 saturated heterocycles. The molecule has 7 aromatic carbocycles. The van der Waals surface area contributed by atoms with Crippen LogP contribution in [0.1, 0.15) is 51.1 Å². The quantitative estimate of drug-likeness (QED) is 0.0889. The zero-order valence-electron chi connectivity index (χ0n) is 39.8. The second kappa shape index (κ2) is 16.2. The summed E-state index contributed by atoms with van der Waals surface area (Å²) < 4.78 is 20.3. The Balaban J connectivity index is 0.915. The van der Waals surface area contributed by atoms with Crippen LogP contribution in [0.4, 0.5) is 28.7 Å². The van der Waals surface area contributed by atoms with Crippen molar-refractivity contribution in [3.8, 4) is 50.6 Å². The van der Waals surface area contributed by atoms with Gasteiger partial charge in [-0.3, -0.25) is 19.7 Å². The number of rotatable bonds is 7. The molecule has 0 radical (unpaired) electrons. The first-order valence-corrected chi connectivity index (χ1v) is 24.9. The third kappa shape index (κ3) is 6.24. The van der Waals surface area contributed by atoms with Gasteiger partial charge < -0.3 is 14.2 Å². The lowest BCUT2D eigenvalue weighted by Gasteiger charge is -2.26. The van der Waals surface area contributed by atoms with E-state index in [-0.39, 0.29) is 36.4 Å². The van der Waals surface area contributed by atoms with Crippen LogP contribution in [0.3, 0.4) is 0 Å². The number of hydrogen-bond acceptors (Lipinski definition) is 8. The molecule has 6 aliphatic rings. The largest absolute Gasteiger partial charge is 0.469 e. The van der Waals surface area contributed by atoms with E-state index < -0.39 is 0 Å². The molecule has 6 atom stereocenters. The Morgan fingerprint density at radius 2 is 0.863 bits per heavy atom. The van der Waals surface area contributed by atoms with E-state index >= 15 is 0 Å². The Morgan fingerprint density at radius 1 is 0.452 bits per heavy atom. The van der Waals surface area contributed by atoms with Gasteiger partial charge in [0.15, 0.2) is 18.7 Å². The number of amidine groups is 1. The van der Waals surface area contributed by atoms with E-state index in [0.717, 1.165) is 85.2 Å². The molecule has 2 aromatic heterocycles. The average molecular weight is 947 g/mol. The smallest absolute Gasteiger partial charge is 0.188 e. The van der Waals surface area contributed by atoms with Gasteiger partial charge in [-0.05, 0) is 135 Å². The van der Waals surface area contributed by atoms with Crippen LogP contribution in [0.5, 0.6) is 17.2 Å². The highest BCUT2D eigenvalue weighted by Gasteiger charge is 2.50. The van der Waals surface area contributed by atoms with Crippen molar-refractivity contribution >= 4 is 34.5 Å². The number of aromatic nitrogens is 2. The van der Waals surface area contributed by atoms with Crippen molar-refractivity contribution in [2.45, 2.75) is 36.4 Å². The van der Waals surface area contributed by atoms with Gasteiger partial charge in [-0.1, -0.05) is 122 Å². The van der Waals surface area contributed by atoms with Crippen molar-refractivity contribution in [3.05, 3.63) is 253 Å². The molecule has 8 heterocycles. The van der Waals surface area contributed by atoms with Gasteiger partial charge in [0.05, 0.1) is 34.8 Å². The minimum Gasteiger partial charge on any atom is -0.469 e. The number of para-hydroxylation sites is 3. The van der Waals surface area contributed by atoms with Crippen molar-refractivity contribution in [1.29, 1.82) is 0 Å². The number of nitrogens with zero attached hydrogens (tertiary/aromatic N) is 6. The Kier molecular flexibility index (Phi) is 9.20. The maximum atomic E-state index is 6.79. The maximum Gasteiger partial charge on any atom is 0.188 e. The number of pyridine rings is 2. The molecule has 73 heavy (non-hydrogen) atoms. The minimum atomic E-state index is -0.287. The molecular weight excluding hydrogens is 901 g/mol. The van der Waals surface area contributed by atoms with Crippen molar-refractivity contribution < 1.29 is 14.2 Å². The van der Waals surface area contributed by atoms with Crippen LogP contribution in [0.15, 0.2) is 224 Å². The third-order valence-corrected chi connectivity index (χ3v) is 15.6. The van der Waals surface area contributed by atoms with Crippen molar-refractivity contribution in [2.75, 3.05) is 21.7 Å². The van der Waals surface area contributed by atoms with Crippen LogP contribution >= 0.6 is 0 Å². The first-order valence-electron chi connectivity index (χ1n) is 24.9. The molecule has 350 valence electrons. The standard InChI is InChI=1S/C64H46N6O3/c1-3-4-21-56(65-2)68-50-35-38(24-27-44(50)59-47-15-5-8-18-53(47)71-62(59)68)41-32-42(39-25-28-45-51(36-39)69(57-22-11-13-30-66-57)63-60(45)48-16-6-9-19-54(48)72-63)34-43(33-41)40-26-29-46-52(37-40)70(58-23-12-14-31-67-58)64-61(46)49-17-7-10-20-55(49)73-64/h3-37,59-64H,1H2,2H3/b21-4-,65-56?. The number of allylic oxidation sites excluding steroid dienone is 2. The molecule has 0 bridgehead atoms. The first-order chi connectivity index (χ1) is 36.1. The van der Waals surface area contributed by atoms with E-state index in [0.29, 0.717) is 0 Å². The van der Waals surface area contributed by atoms with E-state index in [9.17, 15) is 0 Å². The number of hydrogen-bond donors (Lipinski definition) is 0. The predicted octanol–water partition coefficient (Wildman–Crippen LogP) is 13.9. The zero-order valence-corrected chi connectivity index (χ0v) is 39.8. The summed E-state index contributed by atoms with van der Waals surface area (Å²) in [5.41, 5.74) is 16.9. The summed E-state index contributed by atoms with van der Waals surface area (Å²) in [6.07, 6.45) is 8.64. The molecule has 0 saturated carbocycles. The molecule has 0 spiro atoms. The highest BCUT2D eigenvalue weighted by Crippen LogP contribution is 2.58. The lowest BCUT2D eigenvalue weighted by atomic mass is 9.88. The van der Waals surface area contributed by atoms with Crippen LogP contribution in [-0.4, -0.2) is 41.5 Å². The molecule has 0 aliphatic carbocycles. The maximum absolute atomic E-state index is 6.79. The first kappa shape index (κ1) is 41.6. The SMILES string of the molecule is C=C/C=C\C(=NC)N1c2cc(-c3cc(-c4ccc5c(c4)N(c4ccccn4)C4Oc6ccccc6C54)cc(-c4ccc5c(c4)N(c4ccccn4)C4Oc6ccccc6C54)c3)ccc2C2c3ccccc3OC21. The Bertz CT molecular complexity index is 3630. The van der Waals surface area contributed by atoms with Gasteiger partial charge in [-0.15, -0.1) is 0 Å². The Morgan fingerprint density at radius 3 is 1.30 bits per heavy atom. The molecule has 9 aromatic rings. The van der Waals surface area contributed by atoms with Crippen LogP contribution < -0.4 is 28.9 Å². The van der Waals surface area contributed by atoms with Crippen LogP contribution in [0.25, 0.3) is 33.4 Å². The van der Waals surface area contributed by atoms with Gasteiger partial charge in [0, 0.05) is 36.1 Å². The molecule has 0 N–H and O–H groups in total. The fourth-order valence-electron chi connectivity index (χ4n) is 12.5. The fourth-order valence-corrected chi connectivity index (χ4v) is 12.5. The number of anilines is 5. The summed E-state index contributed by atoms with van der Waals surface area (Å²) in [6, 6.07) is 65.1. The van der Waals surface area contributed by atoms with Crippen molar-refractivity contribution in [1.82, 2.24) is 9.97 Å². The summed E-state index contributed by atoms with van der Waals surface area (Å²) in [4.78, 5) is 21.4. The van der Waals surface area contributed by atoms with E-state index in [2.05, 4.69) is 161 Å². The van der Waals surface area contributed by atoms with E-state index in [1.807, 2.05) is 74.1 Å². The van der Waals surface area contributed by atoms with Crippen molar-refractivity contribution in [2.24, 2.45) is 4.99 Å². The van der Waals surface area contributed by atoms with E-state index in [1.54, 1.807) is 6.08 Å². The van der Waals surface area contributed by atoms with Gasteiger partial charge in [0.25, 0.3) is 0 Å². The summed E-state index contributed by atoms with van der Waals surface area (Å²) in [6.45, 7) is 3.97. The van der Waals surface area contributed by atoms with Gasteiger partial charge in [0.2, 0.25) is 0 Å². The van der Waals surface area contributed by atoms with E-state index in [4.69, 9.17) is 29.2 Å². The van der Waals surface area contributed by atoms with Crippen LogP contribution in [0.2, 0.25) is 0 Å². The summed E-state index contributed by atoms with van der Waals surface area (Å²) in [5, 5.41) is 0. The monoisotopic (exact) mass is 946 g/mol. The van der Waals surface area contributed by atoms with Gasteiger partial charge in [0.1, 0.15) is 34.7 Å². The molecule has 0 fully saturated rings. The fraction of sp³-hybridized carbons (Fsp3) is 0.109. The van der Waals surface area contributed by atoms with Gasteiger partial charge in [-0.2, -0.15) is 0 Å². The topological polar surface area (TPSA) is 75.6 Å². The van der Waals surface area contributed by atoms with Crippen molar-refractivity contribution in [3.63, 3.8) is 0 Å². The summed E-state index contributed by atoms with van der Waals surface area (Å²) >= 11 is 0. The molecular formula is C64H46N6O3. The normalized spacial score (nSPS) is 21.0. The number of fused-ring (bicyclic) bond motifs is 15. The van der Waals surface area contributed by atoms with E-state index in [1.165, 1.54) is 33.4 Å². The van der Waals surface area contributed by atoms with Crippen LogP contribution in [-0.2, 0) is 0 Å². The van der Waals surface area contributed by atoms with Gasteiger partial charge in [-0.25, -0.2) is 9.97 Å². The molecule has 9 heteroatoms. The van der Waals surface area contributed by atoms with Crippen LogP contribution in [0, 0.1) is 0 Å². The highest BCUT2D eigenvalue weighted by atomic mass is 16.5. The summed E-state index contributed by atoms with van der Waals surface area (Å²) in [7, 11) is 1.84. The Labute approximate surface area is 423 Å². The molecule has 9 nitrogen and oxygen atoms in total. The second-order valence-electron chi connectivity index (χ2n) is 19.4. The lowest BCUT2D eigenvalue weighted by Crippen LogP contribution is -2.40. The minimum absolute atomic E-state index is 0.0174. The Hall–Kier alpha value is -9.21. The number of benzene rings is 7. The average Bonchev–Trinajstić information content (AvgIpc) is 4.29.